The van der Waals surface area contributed by atoms with Gasteiger partial charge in [0, 0.05) is 0 Å². The first-order chi connectivity index (χ1) is 6.72. The zero-order chi connectivity index (χ0) is 11.7. The summed E-state index contributed by atoms with van der Waals surface area (Å²) in [6.07, 6.45) is 0.712. The summed E-state index contributed by atoms with van der Waals surface area (Å²) in [6, 6.07) is 0.475. The van der Waals surface area contributed by atoms with Crippen LogP contribution < -0.4 is 9.74 Å². The number of halogens is 3. The maximum atomic E-state index is 11.8. The molecule has 0 aliphatic carbocycles. The van der Waals surface area contributed by atoms with Crippen molar-refractivity contribution in [2.75, 3.05) is 0 Å². The molecule has 0 aliphatic rings. The molecule has 84 valence electrons. The third-order valence-corrected chi connectivity index (χ3v) is 2.09. The summed E-state index contributed by atoms with van der Waals surface area (Å²) in [7, 11) is -5.78. The quantitative estimate of drug-likeness (QED) is 0.584. The minimum Gasteiger partial charge on any atom is -0.355 e. The minimum absolute atomic E-state index is 0.475. The van der Waals surface area contributed by atoms with Crippen LogP contribution in [0.5, 0.6) is 5.88 Å². The van der Waals surface area contributed by atoms with Gasteiger partial charge in [-0.15, -0.1) is 0 Å². The van der Waals surface area contributed by atoms with Gasteiger partial charge in [0.2, 0.25) is 5.88 Å². The highest BCUT2D eigenvalue weighted by Gasteiger charge is 2.48. The largest absolute Gasteiger partial charge is 0.534 e. The van der Waals surface area contributed by atoms with E-state index in [0.717, 1.165) is 0 Å². The molecule has 1 aromatic heterocycles. The lowest BCUT2D eigenvalue weighted by Crippen LogP contribution is -2.28. The van der Waals surface area contributed by atoms with Gasteiger partial charge < -0.3 is 9.17 Å². The Morgan fingerprint density at radius 1 is 1.40 bits per heavy atom. The summed E-state index contributed by atoms with van der Waals surface area (Å²) >= 11 is 0. The molecule has 1 heterocycles. The van der Waals surface area contributed by atoms with Crippen molar-refractivity contribution in [1.82, 2.24) is 9.97 Å². The van der Waals surface area contributed by atoms with Crippen LogP contribution >= 0.6 is 0 Å². The summed E-state index contributed by atoms with van der Waals surface area (Å²) in [5.74, 6) is -0.948. The van der Waals surface area contributed by atoms with E-state index in [-0.39, 0.29) is 0 Å². The van der Waals surface area contributed by atoms with Crippen molar-refractivity contribution in [1.29, 1.82) is 0 Å². The number of nitrogens with one attached hydrogen (secondary N) is 1. The van der Waals surface area contributed by atoms with E-state index in [9.17, 15) is 26.4 Å². The number of aromatic nitrogens is 2. The Morgan fingerprint density at radius 3 is 2.47 bits per heavy atom. The standard InChI is InChI=1S/C5H3F3N2O4S/c6-5(7,8)15(12,13)14-4-1-3(11)9-2-10-4/h1-2H,(H,9,10,11). The topological polar surface area (TPSA) is 89.1 Å². The van der Waals surface area contributed by atoms with Gasteiger partial charge in [0.25, 0.3) is 5.56 Å². The van der Waals surface area contributed by atoms with Gasteiger partial charge in [-0.25, -0.2) is 4.98 Å². The fraction of sp³-hybridized carbons (Fsp3) is 0.200. The van der Waals surface area contributed by atoms with E-state index in [4.69, 9.17) is 0 Å². The fourth-order valence-corrected chi connectivity index (χ4v) is 0.966. The summed E-state index contributed by atoms with van der Waals surface area (Å²) in [5, 5.41) is 0. The zero-order valence-electron chi connectivity index (χ0n) is 6.78. The first-order valence-corrected chi connectivity index (χ1v) is 4.69. The number of hydrogen-bond donors (Lipinski definition) is 1. The van der Waals surface area contributed by atoms with Gasteiger partial charge in [-0.05, 0) is 0 Å². The molecule has 0 spiro atoms. The molecule has 0 aliphatic heterocycles. The van der Waals surface area contributed by atoms with Crippen LogP contribution in [0.3, 0.4) is 0 Å². The molecule has 1 rings (SSSR count). The highest BCUT2D eigenvalue weighted by Crippen LogP contribution is 2.25. The van der Waals surface area contributed by atoms with Crippen molar-refractivity contribution < 1.29 is 25.8 Å². The molecule has 0 aromatic carbocycles. The molecular weight excluding hydrogens is 241 g/mol. The average molecular weight is 244 g/mol. The fourth-order valence-electron chi connectivity index (χ4n) is 0.556. The Labute approximate surface area is 80.8 Å². The van der Waals surface area contributed by atoms with E-state index < -0.39 is 27.1 Å². The average Bonchev–Trinajstić information content (AvgIpc) is 2.00. The Bertz CT molecular complexity index is 505. The lowest BCUT2D eigenvalue weighted by molar-refractivity contribution is -0.0501. The smallest absolute Gasteiger partial charge is 0.355 e. The van der Waals surface area contributed by atoms with Gasteiger partial charge in [-0.2, -0.15) is 21.6 Å². The maximum Gasteiger partial charge on any atom is 0.534 e. The molecule has 15 heavy (non-hydrogen) atoms. The first-order valence-electron chi connectivity index (χ1n) is 3.28. The van der Waals surface area contributed by atoms with Crippen molar-refractivity contribution in [3.8, 4) is 5.88 Å². The van der Waals surface area contributed by atoms with Gasteiger partial charge in [0.1, 0.15) is 0 Å². The normalized spacial score (nSPS) is 12.5. The number of nitrogens with zero attached hydrogens (tertiary/aromatic N) is 1. The molecular formula is C5H3F3N2O4S. The lowest BCUT2D eigenvalue weighted by Gasteiger charge is -2.07. The zero-order valence-corrected chi connectivity index (χ0v) is 7.59. The van der Waals surface area contributed by atoms with Gasteiger partial charge in [0.05, 0.1) is 12.4 Å². The third-order valence-electron chi connectivity index (χ3n) is 1.13. The number of rotatable bonds is 2. The third kappa shape index (κ3) is 2.68. The molecule has 6 nitrogen and oxygen atoms in total. The predicted molar refractivity (Wildman–Crippen MR) is 40.5 cm³/mol. The molecule has 0 radical (unpaired) electrons. The maximum absolute atomic E-state index is 11.8. The Kier molecular flexibility index (Phi) is 2.71. The first kappa shape index (κ1) is 11.5. The van der Waals surface area contributed by atoms with E-state index in [2.05, 4.69) is 9.17 Å². The molecule has 0 bridgehead atoms. The molecule has 0 saturated heterocycles. The van der Waals surface area contributed by atoms with E-state index in [0.29, 0.717) is 12.4 Å². The van der Waals surface area contributed by atoms with Crippen molar-refractivity contribution >= 4 is 10.1 Å². The van der Waals surface area contributed by atoms with E-state index in [1.54, 1.807) is 0 Å². The molecule has 0 unspecified atom stereocenters. The van der Waals surface area contributed by atoms with Crippen LogP contribution in [0.1, 0.15) is 0 Å². The molecule has 0 saturated carbocycles. The summed E-state index contributed by atoms with van der Waals surface area (Å²) in [6.45, 7) is 0. The number of H-pyrrole nitrogens is 1. The van der Waals surface area contributed by atoms with Gasteiger partial charge in [-0.1, -0.05) is 0 Å². The Balaban J connectivity index is 3.03. The SMILES string of the molecule is O=c1cc(OS(=O)(=O)C(F)(F)F)nc[nH]1. The highest BCUT2D eigenvalue weighted by molar-refractivity contribution is 7.87. The van der Waals surface area contributed by atoms with Crippen molar-refractivity contribution in [2.24, 2.45) is 0 Å². The monoisotopic (exact) mass is 244 g/mol. The molecule has 0 amide bonds. The van der Waals surface area contributed by atoms with Crippen molar-refractivity contribution in [2.45, 2.75) is 5.51 Å². The van der Waals surface area contributed by atoms with Gasteiger partial charge >= 0.3 is 15.6 Å². The van der Waals surface area contributed by atoms with Gasteiger partial charge in [0.15, 0.2) is 0 Å². The van der Waals surface area contributed by atoms with Crippen LogP contribution in [0.15, 0.2) is 17.2 Å². The summed E-state index contributed by atoms with van der Waals surface area (Å²) in [4.78, 5) is 15.6. The van der Waals surface area contributed by atoms with E-state index >= 15 is 0 Å². The molecule has 1 N–H and O–H groups in total. The Hall–Kier alpha value is -1.58. The Morgan fingerprint density at radius 2 is 2.00 bits per heavy atom. The minimum atomic E-state index is -5.78. The highest BCUT2D eigenvalue weighted by atomic mass is 32.2. The van der Waals surface area contributed by atoms with Crippen LogP contribution in [0.25, 0.3) is 0 Å². The summed E-state index contributed by atoms with van der Waals surface area (Å²) in [5.41, 5.74) is -6.39. The molecule has 1 aromatic rings. The van der Waals surface area contributed by atoms with Crippen LogP contribution in [0.4, 0.5) is 13.2 Å². The lowest BCUT2D eigenvalue weighted by atomic mass is 10.6. The van der Waals surface area contributed by atoms with Crippen molar-refractivity contribution in [3.63, 3.8) is 0 Å². The molecule has 0 atom stereocenters. The van der Waals surface area contributed by atoms with Crippen LogP contribution in [-0.2, 0) is 10.1 Å². The van der Waals surface area contributed by atoms with E-state index in [1.807, 2.05) is 4.98 Å². The van der Waals surface area contributed by atoms with Crippen LogP contribution in [0, 0.1) is 0 Å². The number of alkyl halides is 3. The van der Waals surface area contributed by atoms with Gasteiger partial charge in [-0.3, -0.25) is 4.79 Å². The predicted octanol–water partition coefficient (Wildman–Crippen LogP) is -0.00170. The van der Waals surface area contributed by atoms with E-state index in [1.165, 1.54) is 0 Å². The second-order valence-electron chi connectivity index (χ2n) is 2.23. The van der Waals surface area contributed by atoms with Crippen molar-refractivity contribution in [3.05, 3.63) is 22.7 Å². The number of hydrogen-bond acceptors (Lipinski definition) is 5. The van der Waals surface area contributed by atoms with Crippen LogP contribution in [-0.4, -0.2) is 23.9 Å². The number of aromatic amines is 1. The molecule has 0 fully saturated rings. The second-order valence-corrected chi connectivity index (χ2v) is 3.77. The second kappa shape index (κ2) is 3.53. The summed E-state index contributed by atoms with van der Waals surface area (Å²) < 4.78 is 59.8. The van der Waals surface area contributed by atoms with Crippen LogP contribution in [0.2, 0.25) is 0 Å². The molecule has 10 heteroatoms.